The Kier molecular flexibility index (Phi) is 5.47. The second-order valence-corrected chi connectivity index (χ2v) is 4.10. The Labute approximate surface area is 103 Å². The summed E-state index contributed by atoms with van der Waals surface area (Å²) < 4.78 is 4.77. The molecule has 92 valence electrons. The normalized spacial score (nSPS) is 10.0. The van der Waals surface area contributed by atoms with Gasteiger partial charge in [0.1, 0.15) is 0 Å². The third kappa shape index (κ3) is 3.74. The highest BCUT2D eigenvalue weighted by Crippen LogP contribution is 2.23. The van der Waals surface area contributed by atoms with Crippen LogP contribution in [0.3, 0.4) is 0 Å². The SMILES string of the molecule is C=C(CCCCC)c1ccccc1C(=O)OC. The average Bonchev–Trinajstić information content (AvgIpc) is 2.38. The molecule has 0 spiro atoms. The zero-order chi connectivity index (χ0) is 12.7. The van der Waals surface area contributed by atoms with Gasteiger partial charge < -0.3 is 4.74 Å². The summed E-state index contributed by atoms with van der Waals surface area (Å²) in [7, 11) is 1.40. The minimum atomic E-state index is -0.294. The van der Waals surface area contributed by atoms with Gasteiger partial charge in [0.25, 0.3) is 0 Å². The number of hydrogen-bond acceptors (Lipinski definition) is 2. The van der Waals surface area contributed by atoms with Gasteiger partial charge in [-0.3, -0.25) is 0 Å². The van der Waals surface area contributed by atoms with Gasteiger partial charge in [0.2, 0.25) is 0 Å². The van der Waals surface area contributed by atoms with E-state index in [2.05, 4.69) is 13.5 Å². The summed E-state index contributed by atoms with van der Waals surface area (Å²) in [6, 6.07) is 7.48. The van der Waals surface area contributed by atoms with Crippen molar-refractivity contribution in [3.63, 3.8) is 0 Å². The Balaban J connectivity index is 2.82. The highest BCUT2D eigenvalue weighted by atomic mass is 16.5. The van der Waals surface area contributed by atoms with E-state index in [9.17, 15) is 4.79 Å². The smallest absolute Gasteiger partial charge is 0.338 e. The lowest BCUT2D eigenvalue weighted by molar-refractivity contribution is 0.0600. The summed E-state index contributed by atoms with van der Waals surface area (Å²) in [4.78, 5) is 11.6. The second kappa shape index (κ2) is 6.89. The van der Waals surface area contributed by atoms with Crippen LogP contribution in [-0.2, 0) is 4.74 Å². The third-order valence-electron chi connectivity index (χ3n) is 2.80. The van der Waals surface area contributed by atoms with Crippen molar-refractivity contribution in [2.75, 3.05) is 7.11 Å². The fourth-order valence-electron chi connectivity index (χ4n) is 1.80. The predicted molar refractivity (Wildman–Crippen MR) is 71.0 cm³/mol. The molecular weight excluding hydrogens is 212 g/mol. The van der Waals surface area contributed by atoms with E-state index in [0.717, 1.165) is 24.0 Å². The summed E-state index contributed by atoms with van der Waals surface area (Å²) in [6.45, 7) is 6.24. The lowest BCUT2D eigenvalue weighted by atomic mass is 9.96. The van der Waals surface area contributed by atoms with Gasteiger partial charge in [-0.05, 0) is 30.0 Å². The molecule has 0 radical (unpaired) electrons. The average molecular weight is 232 g/mol. The standard InChI is InChI=1S/C15H20O2/c1-4-5-6-9-12(2)13-10-7-8-11-14(13)15(16)17-3/h7-8,10-11H,2,4-6,9H2,1,3H3. The highest BCUT2D eigenvalue weighted by molar-refractivity contribution is 5.95. The molecule has 0 bridgehead atoms. The zero-order valence-corrected chi connectivity index (χ0v) is 10.7. The van der Waals surface area contributed by atoms with Crippen molar-refractivity contribution in [3.8, 4) is 0 Å². The number of allylic oxidation sites excluding steroid dienone is 1. The van der Waals surface area contributed by atoms with Gasteiger partial charge in [-0.25, -0.2) is 4.79 Å². The van der Waals surface area contributed by atoms with Crippen molar-refractivity contribution in [1.82, 2.24) is 0 Å². The van der Waals surface area contributed by atoms with Crippen molar-refractivity contribution in [2.24, 2.45) is 0 Å². The highest BCUT2D eigenvalue weighted by Gasteiger charge is 2.12. The zero-order valence-electron chi connectivity index (χ0n) is 10.7. The minimum absolute atomic E-state index is 0.294. The number of rotatable bonds is 6. The first-order valence-corrected chi connectivity index (χ1v) is 6.06. The molecule has 2 nitrogen and oxygen atoms in total. The Morgan fingerprint density at radius 1 is 1.24 bits per heavy atom. The van der Waals surface area contributed by atoms with Gasteiger partial charge >= 0.3 is 5.97 Å². The molecule has 2 heteroatoms. The molecule has 0 aliphatic rings. The summed E-state index contributed by atoms with van der Waals surface area (Å²) in [5, 5.41) is 0. The second-order valence-electron chi connectivity index (χ2n) is 4.10. The summed E-state index contributed by atoms with van der Waals surface area (Å²) in [5.41, 5.74) is 2.53. The quantitative estimate of drug-likeness (QED) is 0.546. The maximum atomic E-state index is 11.6. The van der Waals surface area contributed by atoms with Crippen molar-refractivity contribution in [1.29, 1.82) is 0 Å². The molecule has 0 aliphatic heterocycles. The summed E-state index contributed by atoms with van der Waals surface area (Å²) in [5.74, 6) is -0.294. The number of unbranched alkanes of at least 4 members (excludes halogenated alkanes) is 2. The van der Waals surface area contributed by atoms with Crippen LogP contribution in [0.15, 0.2) is 30.8 Å². The number of methoxy groups -OCH3 is 1. The Hall–Kier alpha value is -1.57. The first-order chi connectivity index (χ1) is 8.20. The van der Waals surface area contributed by atoms with Crippen LogP contribution in [0.4, 0.5) is 0 Å². The summed E-state index contributed by atoms with van der Waals surface area (Å²) >= 11 is 0. The van der Waals surface area contributed by atoms with Gasteiger partial charge in [-0.1, -0.05) is 44.5 Å². The van der Waals surface area contributed by atoms with Crippen molar-refractivity contribution in [2.45, 2.75) is 32.6 Å². The molecule has 0 aromatic heterocycles. The Morgan fingerprint density at radius 3 is 2.47 bits per heavy atom. The van der Waals surface area contributed by atoms with E-state index in [1.165, 1.54) is 20.0 Å². The molecule has 1 rings (SSSR count). The molecule has 0 atom stereocenters. The van der Waals surface area contributed by atoms with Gasteiger partial charge in [0, 0.05) is 0 Å². The Bertz CT molecular complexity index is 394. The molecule has 1 aromatic carbocycles. The van der Waals surface area contributed by atoms with Crippen LogP contribution in [0.25, 0.3) is 5.57 Å². The van der Waals surface area contributed by atoms with E-state index < -0.39 is 0 Å². The number of esters is 1. The van der Waals surface area contributed by atoms with Crippen LogP contribution in [0.1, 0.15) is 48.5 Å². The number of ether oxygens (including phenoxy) is 1. The van der Waals surface area contributed by atoms with Crippen LogP contribution in [-0.4, -0.2) is 13.1 Å². The first-order valence-electron chi connectivity index (χ1n) is 6.06. The van der Waals surface area contributed by atoms with Crippen molar-refractivity contribution in [3.05, 3.63) is 42.0 Å². The molecule has 0 saturated heterocycles. The third-order valence-corrected chi connectivity index (χ3v) is 2.80. The van der Waals surface area contributed by atoms with Gasteiger partial charge in [0.15, 0.2) is 0 Å². The number of carbonyl (C=O) groups is 1. The lowest BCUT2D eigenvalue weighted by Crippen LogP contribution is -2.04. The van der Waals surface area contributed by atoms with Gasteiger partial charge in [-0.15, -0.1) is 0 Å². The molecule has 1 aromatic rings. The van der Waals surface area contributed by atoms with Crippen LogP contribution in [0, 0.1) is 0 Å². The number of benzene rings is 1. The molecule has 0 heterocycles. The molecule has 0 amide bonds. The van der Waals surface area contributed by atoms with E-state index >= 15 is 0 Å². The van der Waals surface area contributed by atoms with Crippen molar-refractivity contribution >= 4 is 11.5 Å². The predicted octanol–water partition coefficient (Wildman–Crippen LogP) is 4.07. The summed E-state index contributed by atoms with van der Waals surface area (Å²) in [6.07, 6.45) is 4.43. The van der Waals surface area contributed by atoms with Crippen LogP contribution in [0.5, 0.6) is 0 Å². The molecule has 0 unspecified atom stereocenters. The van der Waals surface area contributed by atoms with Crippen LogP contribution in [0.2, 0.25) is 0 Å². The van der Waals surface area contributed by atoms with E-state index in [0.29, 0.717) is 5.56 Å². The first kappa shape index (κ1) is 13.5. The molecule has 0 aliphatic carbocycles. The molecule has 0 saturated carbocycles. The van der Waals surface area contributed by atoms with E-state index in [1.54, 1.807) is 6.07 Å². The van der Waals surface area contributed by atoms with Crippen LogP contribution < -0.4 is 0 Å². The minimum Gasteiger partial charge on any atom is -0.465 e. The molecule has 0 fully saturated rings. The van der Waals surface area contributed by atoms with Gasteiger partial charge in [0.05, 0.1) is 12.7 Å². The topological polar surface area (TPSA) is 26.3 Å². The Morgan fingerprint density at radius 2 is 1.88 bits per heavy atom. The van der Waals surface area contributed by atoms with E-state index in [4.69, 9.17) is 4.74 Å². The van der Waals surface area contributed by atoms with Crippen LogP contribution >= 0.6 is 0 Å². The fourth-order valence-corrected chi connectivity index (χ4v) is 1.80. The van der Waals surface area contributed by atoms with E-state index in [-0.39, 0.29) is 5.97 Å². The fraction of sp³-hybridized carbons (Fsp3) is 0.400. The largest absolute Gasteiger partial charge is 0.465 e. The van der Waals surface area contributed by atoms with Crippen molar-refractivity contribution < 1.29 is 9.53 Å². The monoisotopic (exact) mass is 232 g/mol. The molecule has 17 heavy (non-hydrogen) atoms. The number of carbonyl (C=O) groups excluding carboxylic acids is 1. The maximum Gasteiger partial charge on any atom is 0.338 e. The number of hydrogen-bond donors (Lipinski definition) is 0. The van der Waals surface area contributed by atoms with Gasteiger partial charge in [-0.2, -0.15) is 0 Å². The lowest BCUT2D eigenvalue weighted by Gasteiger charge is -2.10. The van der Waals surface area contributed by atoms with E-state index in [1.807, 2.05) is 18.2 Å². The molecule has 0 N–H and O–H groups in total. The maximum absolute atomic E-state index is 11.6. The molecular formula is C15H20O2.